The molecule has 19 heavy (non-hydrogen) atoms. The Balaban J connectivity index is 2.04. The third kappa shape index (κ3) is 3.15. The molecule has 2 rings (SSSR count). The Morgan fingerprint density at radius 2 is 2.26 bits per heavy atom. The van der Waals surface area contributed by atoms with Gasteiger partial charge in [-0.05, 0) is 0 Å². The van der Waals surface area contributed by atoms with Crippen LogP contribution in [0.5, 0.6) is 0 Å². The zero-order valence-electron chi connectivity index (χ0n) is 10.2. The van der Waals surface area contributed by atoms with Crippen molar-refractivity contribution in [2.75, 3.05) is 7.05 Å². The molecule has 9 heteroatoms. The topological polar surface area (TPSA) is 117 Å². The second-order valence-electron chi connectivity index (χ2n) is 3.92. The van der Waals surface area contributed by atoms with Gasteiger partial charge in [0.1, 0.15) is 18.7 Å². The van der Waals surface area contributed by atoms with Crippen LogP contribution in [-0.4, -0.2) is 42.6 Å². The molecular formula is C10H12N6O3. The minimum absolute atomic E-state index is 0.153. The molecule has 0 unspecified atom stereocenters. The van der Waals surface area contributed by atoms with Crippen molar-refractivity contribution in [3.63, 3.8) is 0 Å². The molecule has 0 radical (unpaired) electrons. The lowest BCUT2D eigenvalue weighted by Crippen LogP contribution is -2.36. The van der Waals surface area contributed by atoms with Crippen molar-refractivity contribution >= 4 is 5.91 Å². The number of hydrogen-bond acceptors (Lipinski definition) is 5. The summed E-state index contributed by atoms with van der Waals surface area (Å²) < 4.78 is 1.13. The van der Waals surface area contributed by atoms with Crippen LogP contribution in [-0.2, 0) is 17.9 Å². The predicted molar refractivity (Wildman–Crippen MR) is 64.2 cm³/mol. The van der Waals surface area contributed by atoms with Crippen LogP contribution < -0.4 is 11.2 Å². The molecule has 0 bridgehead atoms. The van der Waals surface area contributed by atoms with Crippen molar-refractivity contribution in [2.24, 2.45) is 0 Å². The van der Waals surface area contributed by atoms with Crippen molar-refractivity contribution in [3.8, 4) is 0 Å². The van der Waals surface area contributed by atoms with Gasteiger partial charge in [0.2, 0.25) is 5.91 Å². The summed E-state index contributed by atoms with van der Waals surface area (Å²) >= 11 is 0. The second kappa shape index (κ2) is 5.29. The van der Waals surface area contributed by atoms with Gasteiger partial charge >= 0.3 is 5.69 Å². The number of carbonyl (C=O) groups is 1. The Labute approximate surface area is 106 Å². The molecular weight excluding hydrogens is 252 g/mol. The lowest BCUT2D eigenvalue weighted by Gasteiger charge is -2.15. The number of nitrogens with zero attached hydrogens (tertiary/aromatic N) is 4. The Hall–Kier alpha value is -2.71. The summed E-state index contributed by atoms with van der Waals surface area (Å²) in [6.45, 7) is 0.108. The number of carbonyl (C=O) groups excluding carboxylic acids is 1. The lowest BCUT2D eigenvalue weighted by molar-refractivity contribution is -0.131. The third-order valence-electron chi connectivity index (χ3n) is 2.48. The number of likely N-dealkylation sites (N-methyl/N-ethyl adjacent to an activating group) is 1. The maximum absolute atomic E-state index is 11.9. The molecule has 0 atom stereocenters. The van der Waals surface area contributed by atoms with Crippen LogP contribution >= 0.6 is 0 Å². The molecule has 0 aliphatic rings. The van der Waals surface area contributed by atoms with Crippen LogP contribution in [0.4, 0.5) is 0 Å². The molecule has 100 valence electrons. The van der Waals surface area contributed by atoms with Crippen molar-refractivity contribution in [1.29, 1.82) is 0 Å². The van der Waals surface area contributed by atoms with E-state index in [1.807, 2.05) is 0 Å². The summed E-state index contributed by atoms with van der Waals surface area (Å²) in [5, 5.41) is 6.31. The summed E-state index contributed by atoms with van der Waals surface area (Å²) in [6.07, 6.45) is 2.63. The van der Waals surface area contributed by atoms with Crippen LogP contribution in [0.2, 0.25) is 0 Å². The van der Waals surface area contributed by atoms with Crippen molar-refractivity contribution in [1.82, 2.24) is 29.6 Å². The van der Waals surface area contributed by atoms with Crippen LogP contribution in [0, 0.1) is 0 Å². The van der Waals surface area contributed by atoms with Gasteiger partial charge in [-0.3, -0.25) is 24.2 Å². The summed E-state index contributed by atoms with van der Waals surface area (Å²) in [6, 6.07) is 1.19. The number of aromatic amines is 2. The monoisotopic (exact) mass is 264 g/mol. The van der Waals surface area contributed by atoms with E-state index in [0.717, 1.165) is 4.57 Å². The maximum atomic E-state index is 11.9. The quantitative estimate of drug-likeness (QED) is 0.683. The van der Waals surface area contributed by atoms with Gasteiger partial charge in [0.15, 0.2) is 0 Å². The highest BCUT2D eigenvalue weighted by atomic mass is 16.2. The fourth-order valence-corrected chi connectivity index (χ4v) is 1.45. The smallest absolute Gasteiger partial charge is 0.328 e. The largest absolute Gasteiger partial charge is 0.337 e. The van der Waals surface area contributed by atoms with E-state index in [1.165, 1.54) is 23.5 Å². The first-order valence-electron chi connectivity index (χ1n) is 5.44. The SMILES string of the molecule is CN(Cc1ncn[nH]1)C(=O)Cn1ccc(=O)[nH]c1=O. The van der Waals surface area contributed by atoms with Crippen LogP contribution in [0.1, 0.15) is 5.82 Å². The van der Waals surface area contributed by atoms with Gasteiger partial charge in [0.05, 0.1) is 6.54 Å². The van der Waals surface area contributed by atoms with E-state index >= 15 is 0 Å². The van der Waals surface area contributed by atoms with Gasteiger partial charge < -0.3 is 4.90 Å². The minimum atomic E-state index is -0.617. The zero-order chi connectivity index (χ0) is 13.8. The fraction of sp³-hybridized carbons (Fsp3) is 0.300. The summed E-state index contributed by atoms with van der Waals surface area (Å²) in [7, 11) is 1.58. The predicted octanol–water partition coefficient (Wildman–Crippen LogP) is -1.69. The van der Waals surface area contributed by atoms with E-state index in [0.29, 0.717) is 5.82 Å². The Morgan fingerprint density at radius 1 is 1.47 bits per heavy atom. The zero-order valence-corrected chi connectivity index (χ0v) is 10.2. The highest BCUT2D eigenvalue weighted by Gasteiger charge is 2.12. The van der Waals surface area contributed by atoms with Crippen LogP contribution in [0.15, 0.2) is 28.2 Å². The molecule has 2 N–H and O–H groups in total. The number of nitrogens with one attached hydrogen (secondary N) is 2. The average molecular weight is 264 g/mol. The molecule has 2 aromatic heterocycles. The highest BCUT2D eigenvalue weighted by Crippen LogP contribution is 1.95. The Bertz CT molecular complexity index is 671. The standard InChI is InChI=1S/C10H12N6O3/c1-15(4-7-11-6-12-14-7)9(18)5-16-3-2-8(17)13-10(16)19/h2-3,6H,4-5H2,1H3,(H,11,12,14)(H,13,17,19). The molecule has 0 spiro atoms. The van der Waals surface area contributed by atoms with E-state index < -0.39 is 11.2 Å². The van der Waals surface area contributed by atoms with Crippen molar-refractivity contribution in [2.45, 2.75) is 13.1 Å². The van der Waals surface area contributed by atoms with Gasteiger partial charge in [0, 0.05) is 19.3 Å². The van der Waals surface area contributed by atoms with Crippen LogP contribution in [0.3, 0.4) is 0 Å². The van der Waals surface area contributed by atoms with Crippen LogP contribution in [0.25, 0.3) is 0 Å². The molecule has 0 fully saturated rings. The third-order valence-corrected chi connectivity index (χ3v) is 2.48. The van der Waals surface area contributed by atoms with E-state index in [-0.39, 0.29) is 19.0 Å². The molecule has 2 heterocycles. The summed E-state index contributed by atoms with van der Waals surface area (Å²) in [5.41, 5.74) is -1.11. The Kier molecular flexibility index (Phi) is 3.55. The van der Waals surface area contributed by atoms with Gasteiger partial charge in [-0.25, -0.2) is 9.78 Å². The normalized spacial score (nSPS) is 10.4. The van der Waals surface area contributed by atoms with E-state index in [9.17, 15) is 14.4 Å². The first-order chi connectivity index (χ1) is 9.06. The molecule has 1 amide bonds. The molecule has 0 aliphatic heterocycles. The lowest BCUT2D eigenvalue weighted by atomic mass is 10.4. The van der Waals surface area contributed by atoms with E-state index in [2.05, 4.69) is 20.2 Å². The molecule has 0 saturated heterocycles. The first-order valence-corrected chi connectivity index (χ1v) is 5.44. The number of aromatic nitrogens is 5. The Morgan fingerprint density at radius 3 is 2.89 bits per heavy atom. The van der Waals surface area contributed by atoms with Crippen molar-refractivity contribution in [3.05, 3.63) is 45.3 Å². The first kappa shape index (κ1) is 12.7. The molecule has 0 saturated carbocycles. The summed E-state index contributed by atoms with van der Waals surface area (Å²) in [5.74, 6) is 0.259. The van der Waals surface area contributed by atoms with Crippen molar-refractivity contribution < 1.29 is 4.79 Å². The fourth-order valence-electron chi connectivity index (χ4n) is 1.45. The van der Waals surface area contributed by atoms with Gasteiger partial charge in [-0.15, -0.1) is 0 Å². The van der Waals surface area contributed by atoms with Gasteiger partial charge in [0.25, 0.3) is 5.56 Å². The number of hydrogen-bond donors (Lipinski definition) is 2. The number of rotatable bonds is 4. The summed E-state index contributed by atoms with van der Waals surface area (Å²) in [4.78, 5) is 41.6. The molecule has 2 aromatic rings. The average Bonchev–Trinajstić information content (AvgIpc) is 2.85. The molecule has 0 aromatic carbocycles. The van der Waals surface area contributed by atoms with Gasteiger partial charge in [-0.1, -0.05) is 0 Å². The van der Waals surface area contributed by atoms with E-state index in [1.54, 1.807) is 7.05 Å². The minimum Gasteiger partial charge on any atom is -0.337 e. The van der Waals surface area contributed by atoms with Gasteiger partial charge in [-0.2, -0.15) is 5.10 Å². The maximum Gasteiger partial charge on any atom is 0.328 e. The van der Waals surface area contributed by atoms with E-state index in [4.69, 9.17) is 0 Å². The molecule has 0 aliphatic carbocycles. The number of amides is 1. The number of H-pyrrole nitrogens is 2. The molecule has 9 nitrogen and oxygen atoms in total. The second-order valence-corrected chi connectivity index (χ2v) is 3.92. The highest BCUT2D eigenvalue weighted by molar-refractivity contribution is 5.75.